The van der Waals surface area contributed by atoms with Gasteiger partial charge in [-0.15, -0.1) is 0 Å². The van der Waals surface area contributed by atoms with Crippen LogP contribution < -0.4 is 5.73 Å². The number of hydrogen-bond donors (Lipinski definition) is 1. The molecule has 0 heterocycles. The zero-order valence-corrected chi connectivity index (χ0v) is 10.5. The van der Waals surface area contributed by atoms with Crippen molar-refractivity contribution in [3.05, 3.63) is 35.6 Å². The van der Waals surface area contributed by atoms with E-state index in [-0.39, 0.29) is 11.7 Å². The van der Waals surface area contributed by atoms with Crippen molar-refractivity contribution in [1.82, 2.24) is 0 Å². The molecule has 1 rings (SSSR count). The quantitative estimate of drug-likeness (QED) is 0.827. The molecule has 0 aliphatic rings. The van der Waals surface area contributed by atoms with Gasteiger partial charge in [0.1, 0.15) is 5.82 Å². The molecule has 16 heavy (non-hydrogen) atoms. The van der Waals surface area contributed by atoms with Crippen LogP contribution in [0.15, 0.2) is 24.3 Å². The van der Waals surface area contributed by atoms with Gasteiger partial charge in [-0.05, 0) is 48.4 Å². The summed E-state index contributed by atoms with van der Waals surface area (Å²) < 4.78 is 13.1. The van der Waals surface area contributed by atoms with Gasteiger partial charge in [0.2, 0.25) is 0 Å². The lowest BCUT2D eigenvalue weighted by Crippen LogP contribution is -2.16. The summed E-state index contributed by atoms with van der Waals surface area (Å²) in [4.78, 5) is 0. The Hall–Kier alpha value is -0.890. The van der Waals surface area contributed by atoms with Crippen molar-refractivity contribution in [2.45, 2.75) is 39.5 Å². The highest BCUT2D eigenvalue weighted by Gasteiger charge is 2.16. The molecule has 0 amide bonds. The van der Waals surface area contributed by atoms with Gasteiger partial charge in [-0.2, -0.15) is 0 Å². The van der Waals surface area contributed by atoms with Gasteiger partial charge in [0.05, 0.1) is 0 Å². The van der Waals surface area contributed by atoms with E-state index in [9.17, 15) is 4.39 Å². The molecule has 1 nitrogen and oxygen atoms in total. The molecule has 0 radical (unpaired) electrons. The molecule has 0 saturated carbocycles. The molecule has 2 N–H and O–H groups in total. The molecule has 1 aromatic rings. The Morgan fingerprint density at radius 1 is 1.31 bits per heavy atom. The van der Waals surface area contributed by atoms with Crippen molar-refractivity contribution in [3.63, 3.8) is 0 Å². The third kappa shape index (κ3) is 4.31. The zero-order chi connectivity index (χ0) is 12.2. The van der Waals surface area contributed by atoms with Gasteiger partial charge in [-0.3, -0.25) is 0 Å². The van der Waals surface area contributed by atoms with Crippen LogP contribution in [0.2, 0.25) is 0 Å². The lowest BCUT2D eigenvalue weighted by atomic mass is 9.84. The minimum atomic E-state index is -0.174. The molecule has 0 aliphatic carbocycles. The summed E-state index contributed by atoms with van der Waals surface area (Å²) in [6.45, 7) is 7.23. The molecule has 0 aliphatic heterocycles. The summed E-state index contributed by atoms with van der Waals surface area (Å²) in [5.41, 5.74) is 7.09. The molecule has 0 spiro atoms. The summed E-state index contributed by atoms with van der Waals surface area (Å²) in [6.07, 6.45) is 2.12. The molecule has 0 saturated heterocycles. The molecule has 1 atom stereocenters. The molecule has 0 bridgehead atoms. The van der Waals surface area contributed by atoms with Crippen LogP contribution in [0.3, 0.4) is 0 Å². The normalized spacial score (nSPS) is 13.8. The van der Waals surface area contributed by atoms with Crippen molar-refractivity contribution in [2.75, 3.05) is 6.54 Å². The number of hydrogen-bond acceptors (Lipinski definition) is 1. The van der Waals surface area contributed by atoms with E-state index >= 15 is 0 Å². The first-order chi connectivity index (χ1) is 7.42. The molecule has 2 heteroatoms. The first kappa shape index (κ1) is 13.2. The van der Waals surface area contributed by atoms with E-state index < -0.39 is 0 Å². The van der Waals surface area contributed by atoms with E-state index in [1.165, 1.54) is 6.07 Å². The first-order valence-electron chi connectivity index (χ1n) is 5.88. The number of halogens is 1. The van der Waals surface area contributed by atoms with Crippen molar-refractivity contribution in [3.8, 4) is 0 Å². The minimum absolute atomic E-state index is 0.174. The second-order valence-corrected chi connectivity index (χ2v) is 5.59. The molecule has 0 aromatic heterocycles. The Morgan fingerprint density at radius 2 is 2.00 bits per heavy atom. The fourth-order valence-electron chi connectivity index (χ4n) is 1.79. The van der Waals surface area contributed by atoms with Gasteiger partial charge in [-0.25, -0.2) is 4.39 Å². The Labute approximate surface area is 97.9 Å². The van der Waals surface area contributed by atoms with Crippen molar-refractivity contribution >= 4 is 0 Å². The van der Waals surface area contributed by atoms with Crippen molar-refractivity contribution in [1.29, 1.82) is 0 Å². The second-order valence-electron chi connectivity index (χ2n) is 5.59. The first-order valence-corrected chi connectivity index (χ1v) is 5.88. The maximum atomic E-state index is 13.1. The molecular formula is C14H22FN. The molecule has 0 fully saturated rings. The van der Waals surface area contributed by atoms with Gasteiger partial charge in [0.25, 0.3) is 0 Å². The lowest BCUT2D eigenvalue weighted by molar-refractivity contribution is 0.349. The third-order valence-electron chi connectivity index (χ3n) is 2.85. The molecular weight excluding hydrogens is 201 g/mol. The predicted octanol–water partition coefficient (Wildman–Crippen LogP) is 3.69. The maximum Gasteiger partial charge on any atom is 0.123 e. The van der Waals surface area contributed by atoms with E-state index in [4.69, 9.17) is 5.73 Å². The van der Waals surface area contributed by atoms with Crippen molar-refractivity contribution < 1.29 is 4.39 Å². The Morgan fingerprint density at radius 3 is 2.50 bits per heavy atom. The Bertz CT molecular complexity index is 328. The average molecular weight is 223 g/mol. The van der Waals surface area contributed by atoms with Crippen LogP contribution in [-0.2, 0) is 0 Å². The molecule has 1 aromatic carbocycles. The van der Waals surface area contributed by atoms with Crippen LogP contribution >= 0.6 is 0 Å². The van der Waals surface area contributed by atoms with Crippen LogP contribution in [0.4, 0.5) is 4.39 Å². The summed E-state index contributed by atoms with van der Waals surface area (Å²) in [5.74, 6) is 0.0987. The highest BCUT2D eigenvalue weighted by Crippen LogP contribution is 2.28. The van der Waals surface area contributed by atoms with Gasteiger partial charge in [-0.1, -0.05) is 32.9 Å². The van der Waals surface area contributed by atoms with Gasteiger partial charge in [0, 0.05) is 0 Å². The van der Waals surface area contributed by atoms with Crippen LogP contribution in [0.25, 0.3) is 0 Å². The van der Waals surface area contributed by atoms with Gasteiger partial charge in [0.15, 0.2) is 0 Å². The van der Waals surface area contributed by atoms with Crippen LogP contribution in [0.1, 0.15) is 45.1 Å². The van der Waals surface area contributed by atoms with E-state index in [1.54, 1.807) is 12.1 Å². The third-order valence-corrected chi connectivity index (χ3v) is 2.85. The van der Waals surface area contributed by atoms with Crippen LogP contribution in [0.5, 0.6) is 0 Å². The van der Waals surface area contributed by atoms with E-state index in [2.05, 4.69) is 20.8 Å². The highest BCUT2D eigenvalue weighted by atomic mass is 19.1. The number of rotatable bonds is 4. The average Bonchev–Trinajstić information content (AvgIpc) is 2.17. The number of nitrogens with two attached hydrogens (primary N) is 1. The fourth-order valence-corrected chi connectivity index (χ4v) is 1.79. The molecule has 90 valence electrons. The Balaban J connectivity index is 2.68. The SMILES string of the molecule is CC(C)(C)CCC(CN)c1cccc(F)c1. The van der Waals surface area contributed by atoms with Gasteiger partial charge < -0.3 is 5.73 Å². The topological polar surface area (TPSA) is 26.0 Å². The monoisotopic (exact) mass is 223 g/mol. The standard InChI is InChI=1S/C14H22FN/c1-14(2,3)8-7-12(10-16)11-5-4-6-13(15)9-11/h4-6,9,12H,7-8,10,16H2,1-3H3. The largest absolute Gasteiger partial charge is 0.330 e. The van der Waals surface area contributed by atoms with E-state index in [0.717, 1.165) is 18.4 Å². The van der Waals surface area contributed by atoms with Gasteiger partial charge >= 0.3 is 0 Å². The summed E-state index contributed by atoms with van der Waals surface area (Å²) in [5, 5.41) is 0. The van der Waals surface area contributed by atoms with E-state index in [1.807, 2.05) is 6.07 Å². The minimum Gasteiger partial charge on any atom is -0.330 e. The van der Waals surface area contributed by atoms with Crippen LogP contribution in [-0.4, -0.2) is 6.54 Å². The summed E-state index contributed by atoms with van der Waals surface area (Å²) in [7, 11) is 0. The second kappa shape index (κ2) is 5.44. The smallest absolute Gasteiger partial charge is 0.123 e. The van der Waals surface area contributed by atoms with E-state index in [0.29, 0.717) is 12.0 Å². The van der Waals surface area contributed by atoms with Crippen molar-refractivity contribution in [2.24, 2.45) is 11.1 Å². The highest BCUT2D eigenvalue weighted by molar-refractivity contribution is 5.21. The van der Waals surface area contributed by atoms with Crippen LogP contribution in [0, 0.1) is 11.2 Å². The molecule has 1 unspecified atom stereocenters. The maximum absolute atomic E-state index is 13.1. The summed E-state index contributed by atoms with van der Waals surface area (Å²) >= 11 is 0. The zero-order valence-electron chi connectivity index (χ0n) is 10.5. The lowest BCUT2D eigenvalue weighted by Gasteiger charge is -2.22. The number of benzene rings is 1. The predicted molar refractivity (Wildman–Crippen MR) is 66.9 cm³/mol. The fraction of sp³-hybridized carbons (Fsp3) is 0.571. The summed E-state index contributed by atoms with van der Waals surface area (Å²) in [6, 6.07) is 6.79. The Kier molecular flexibility index (Phi) is 4.48.